The van der Waals surface area contributed by atoms with Gasteiger partial charge in [-0.1, -0.05) is 38.0 Å². The quantitative estimate of drug-likeness (QED) is 0.192. The van der Waals surface area contributed by atoms with Gasteiger partial charge in [0.05, 0.1) is 16.8 Å². The number of hydrogen-bond donors (Lipinski definition) is 3. The van der Waals surface area contributed by atoms with Gasteiger partial charge < -0.3 is 10.2 Å². The summed E-state index contributed by atoms with van der Waals surface area (Å²) in [6, 6.07) is 9.17. The fraction of sp³-hybridized carbons (Fsp3) is 0.238. The third kappa shape index (κ3) is 6.23. The summed E-state index contributed by atoms with van der Waals surface area (Å²) in [4.78, 5) is 45.8. The number of anilines is 1. The van der Waals surface area contributed by atoms with E-state index in [0.29, 0.717) is 21.1 Å². The Morgan fingerprint density at radius 2 is 1.39 bits per heavy atom. The van der Waals surface area contributed by atoms with Crippen LogP contribution in [0.2, 0.25) is 0 Å². The van der Waals surface area contributed by atoms with Crippen LogP contribution in [0.1, 0.15) is 46.9 Å². The van der Waals surface area contributed by atoms with Gasteiger partial charge in [-0.2, -0.15) is 0 Å². The molecule has 0 aliphatic carbocycles. The van der Waals surface area contributed by atoms with Crippen molar-refractivity contribution in [1.29, 1.82) is 0 Å². The van der Waals surface area contributed by atoms with Crippen molar-refractivity contribution < 1.29 is 29.4 Å². The molecule has 2 amide bonds. The number of nitrogens with zero attached hydrogens (tertiary/aromatic N) is 1. The molecule has 3 rings (SSSR count). The standard InChI is InChI=1S/C13H16N2O2.C8H2Br4O4/c1-2-3-9-11-12(16)14-15(13(11)17)10-7-5-4-6-8-10;9-3-1(7(13)14)2(8(15)16)4(10)6(12)5(3)11/h4-8,11H,2-3,9H2,1H3,(H,14,16);(H,13,14)(H,15,16). The van der Waals surface area contributed by atoms with Crippen molar-refractivity contribution in [1.82, 2.24) is 5.43 Å². The van der Waals surface area contributed by atoms with E-state index in [1.807, 2.05) is 25.1 Å². The molecule has 176 valence electrons. The van der Waals surface area contributed by atoms with E-state index in [9.17, 15) is 19.2 Å². The molecule has 1 heterocycles. The van der Waals surface area contributed by atoms with E-state index in [2.05, 4.69) is 69.1 Å². The first-order valence-electron chi connectivity index (χ1n) is 9.54. The summed E-state index contributed by atoms with van der Waals surface area (Å²) < 4.78 is 1.21. The summed E-state index contributed by atoms with van der Waals surface area (Å²) in [5.41, 5.74) is 2.72. The van der Waals surface area contributed by atoms with Crippen molar-refractivity contribution in [3.8, 4) is 0 Å². The Balaban J connectivity index is 0.000000234. The van der Waals surface area contributed by atoms with Crippen LogP contribution in [0.15, 0.2) is 48.2 Å². The van der Waals surface area contributed by atoms with Gasteiger partial charge in [0, 0.05) is 17.9 Å². The van der Waals surface area contributed by atoms with Gasteiger partial charge in [0.15, 0.2) is 0 Å². The zero-order valence-electron chi connectivity index (χ0n) is 17.1. The van der Waals surface area contributed by atoms with E-state index in [1.54, 1.807) is 12.1 Å². The summed E-state index contributed by atoms with van der Waals surface area (Å²) in [5, 5.41) is 19.3. The lowest BCUT2D eigenvalue weighted by Gasteiger charge is -2.14. The topological polar surface area (TPSA) is 124 Å². The van der Waals surface area contributed by atoms with Crippen LogP contribution in [-0.4, -0.2) is 34.0 Å². The smallest absolute Gasteiger partial charge is 0.337 e. The van der Waals surface area contributed by atoms with Gasteiger partial charge in [-0.05, 0) is 82.3 Å². The molecule has 33 heavy (non-hydrogen) atoms. The first-order chi connectivity index (χ1) is 15.5. The second-order valence-electron chi connectivity index (χ2n) is 6.80. The van der Waals surface area contributed by atoms with Crippen molar-refractivity contribution in [2.75, 3.05) is 5.01 Å². The number of hydrazine groups is 1. The minimum absolute atomic E-state index is 0.144. The number of rotatable bonds is 6. The summed E-state index contributed by atoms with van der Waals surface area (Å²) >= 11 is 12.4. The van der Waals surface area contributed by atoms with E-state index >= 15 is 0 Å². The number of halogens is 4. The predicted octanol–water partition coefficient (Wildman–Crippen LogP) is 6.00. The lowest BCUT2D eigenvalue weighted by atomic mass is 10.0. The highest BCUT2D eigenvalue weighted by Crippen LogP contribution is 2.42. The highest BCUT2D eigenvalue weighted by Gasteiger charge is 2.39. The van der Waals surface area contributed by atoms with Crippen molar-refractivity contribution in [3.05, 3.63) is 59.3 Å². The molecule has 1 aliphatic rings. The molecule has 1 fully saturated rings. The van der Waals surface area contributed by atoms with Crippen LogP contribution >= 0.6 is 63.7 Å². The van der Waals surface area contributed by atoms with Gasteiger partial charge in [0.2, 0.25) is 0 Å². The zero-order chi connectivity index (χ0) is 24.9. The number of carboxylic acids is 2. The van der Waals surface area contributed by atoms with Crippen LogP contribution in [0.5, 0.6) is 0 Å². The zero-order valence-corrected chi connectivity index (χ0v) is 23.4. The Kier molecular flexibility index (Phi) is 10.1. The summed E-state index contributed by atoms with van der Waals surface area (Å²) in [6.45, 7) is 2.05. The Bertz CT molecular complexity index is 1050. The molecule has 0 spiro atoms. The average molecular weight is 714 g/mol. The van der Waals surface area contributed by atoms with E-state index in [-0.39, 0.29) is 31.9 Å². The molecular formula is C21H18Br4N2O6. The van der Waals surface area contributed by atoms with Crippen LogP contribution < -0.4 is 10.4 Å². The minimum atomic E-state index is -1.32. The second-order valence-corrected chi connectivity index (χ2v) is 9.97. The SMILES string of the molecule is CCCCC1C(=O)NN(c2ccccc2)C1=O.O=C(O)c1c(Br)c(Br)c(Br)c(Br)c1C(=O)O. The number of benzene rings is 2. The molecule has 2 aromatic rings. The largest absolute Gasteiger partial charge is 0.478 e. The predicted molar refractivity (Wildman–Crippen MR) is 136 cm³/mol. The maximum absolute atomic E-state index is 12.1. The minimum Gasteiger partial charge on any atom is -0.478 e. The first kappa shape index (κ1) is 27.5. The van der Waals surface area contributed by atoms with Crippen LogP contribution in [-0.2, 0) is 9.59 Å². The Labute approximate surface area is 223 Å². The number of carboxylic acid groups (broad SMARTS) is 2. The lowest BCUT2D eigenvalue weighted by molar-refractivity contribution is -0.127. The van der Waals surface area contributed by atoms with Gasteiger partial charge in [-0.15, -0.1) is 0 Å². The van der Waals surface area contributed by atoms with Crippen LogP contribution in [0.4, 0.5) is 5.69 Å². The molecular weight excluding hydrogens is 696 g/mol. The average Bonchev–Trinajstić information content (AvgIpc) is 3.06. The lowest BCUT2D eigenvalue weighted by Crippen LogP contribution is -2.35. The molecule has 1 atom stereocenters. The van der Waals surface area contributed by atoms with Crippen molar-refractivity contribution >= 4 is 93.2 Å². The van der Waals surface area contributed by atoms with Gasteiger partial charge in [-0.3, -0.25) is 15.0 Å². The van der Waals surface area contributed by atoms with Gasteiger partial charge in [0.25, 0.3) is 11.8 Å². The van der Waals surface area contributed by atoms with Crippen molar-refractivity contribution in [3.63, 3.8) is 0 Å². The number of amides is 2. The summed E-state index contributed by atoms with van der Waals surface area (Å²) in [7, 11) is 0. The van der Waals surface area contributed by atoms with Crippen molar-refractivity contribution in [2.24, 2.45) is 5.92 Å². The maximum Gasteiger partial charge on any atom is 0.337 e. The molecule has 1 unspecified atom stereocenters. The highest BCUT2D eigenvalue weighted by atomic mass is 79.9. The Hall–Kier alpha value is -1.76. The first-order valence-corrected chi connectivity index (χ1v) is 12.7. The molecule has 0 aromatic heterocycles. The van der Waals surface area contributed by atoms with Gasteiger partial charge >= 0.3 is 11.9 Å². The fourth-order valence-electron chi connectivity index (χ4n) is 2.98. The maximum atomic E-state index is 12.1. The van der Waals surface area contributed by atoms with Crippen LogP contribution in [0.3, 0.4) is 0 Å². The van der Waals surface area contributed by atoms with Crippen molar-refractivity contribution in [2.45, 2.75) is 26.2 Å². The molecule has 1 saturated heterocycles. The number of carbonyl (C=O) groups excluding carboxylic acids is 2. The third-order valence-electron chi connectivity index (χ3n) is 4.61. The Morgan fingerprint density at radius 3 is 1.82 bits per heavy atom. The molecule has 0 radical (unpaired) electrons. The fourth-order valence-corrected chi connectivity index (χ4v) is 5.43. The van der Waals surface area contributed by atoms with E-state index in [4.69, 9.17) is 10.2 Å². The Morgan fingerprint density at radius 1 is 0.909 bits per heavy atom. The molecule has 1 aliphatic heterocycles. The van der Waals surface area contributed by atoms with Gasteiger partial charge in [0.1, 0.15) is 5.92 Å². The van der Waals surface area contributed by atoms with E-state index in [0.717, 1.165) is 12.8 Å². The number of unbranched alkanes of at least 4 members (excludes halogenated alkanes) is 1. The number of aromatic carboxylic acids is 2. The third-order valence-corrected chi connectivity index (χ3v) is 9.38. The van der Waals surface area contributed by atoms with Crippen LogP contribution in [0, 0.1) is 5.92 Å². The van der Waals surface area contributed by atoms with E-state index in [1.165, 1.54) is 5.01 Å². The number of carbonyl (C=O) groups is 4. The van der Waals surface area contributed by atoms with E-state index < -0.39 is 17.9 Å². The monoisotopic (exact) mass is 710 g/mol. The second kappa shape index (κ2) is 12.1. The molecule has 3 N–H and O–H groups in total. The summed E-state index contributed by atoms with van der Waals surface area (Å²) in [5.74, 6) is -3.49. The molecule has 12 heteroatoms. The number of nitrogens with one attached hydrogen (secondary N) is 1. The summed E-state index contributed by atoms with van der Waals surface area (Å²) in [6.07, 6.45) is 2.51. The molecule has 0 saturated carbocycles. The van der Waals surface area contributed by atoms with Gasteiger partial charge in [-0.25, -0.2) is 14.6 Å². The normalized spacial score (nSPS) is 15.1. The molecule has 8 nitrogen and oxygen atoms in total. The molecule has 0 bridgehead atoms. The highest BCUT2D eigenvalue weighted by molar-refractivity contribution is 9.15. The number of para-hydroxylation sites is 1. The molecule has 2 aromatic carbocycles. The number of hydrogen-bond acceptors (Lipinski definition) is 4. The van der Waals surface area contributed by atoms with Crippen LogP contribution in [0.25, 0.3) is 0 Å².